The molecule has 0 spiro atoms. The van der Waals surface area contributed by atoms with Crippen LogP contribution in [0.5, 0.6) is 0 Å². The van der Waals surface area contributed by atoms with Gasteiger partial charge in [-0.15, -0.1) is 0 Å². The molecule has 20 heavy (non-hydrogen) atoms. The molecule has 0 saturated carbocycles. The number of rotatable bonds is 7. The van der Waals surface area contributed by atoms with E-state index in [4.69, 9.17) is 4.42 Å². The van der Waals surface area contributed by atoms with Gasteiger partial charge in [0.1, 0.15) is 12.3 Å². The minimum Gasteiger partial charge on any atom is -0.472 e. The molecule has 3 N–H and O–H groups in total. The van der Waals surface area contributed by atoms with Gasteiger partial charge in [0.2, 0.25) is 5.91 Å². The third kappa shape index (κ3) is 4.38. The van der Waals surface area contributed by atoms with Crippen molar-refractivity contribution in [1.29, 1.82) is 0 Å². The average molecular weight is 282 g/mol. The van der Waals surface area contributed by atoms with Crippen LogP contribution in [0.25, 0.3) is 0 Å². The normalized spacial score (nSPS) is 12.8. The first-order chi connectivity index (χ1) is 9.41. The van der Waals surface area contributed by atoms with Crippen LogP contribution >= 0.6 is 0 Å². The molecular formula is C14H22N2O4. The van der Waals surface area contributed by atoms with Crippen LogP contribution in [-0.2, 0) is 4.79 Å². The largest absolute Gasteiger partial charge is 0.472 e. The molecule has 0 aliphatic carbocycles. The van der Waals surface area contributed by atoms with Crippen LogP contribution in [0, 0.1) is 0 Å². The minimum atomic E-state index is -0.899. The number of hydrogen-bond acceptors (Lipinski definition) is 4. The lowest BCUT2D eigenvalue weighted by molar-refractivity contribution is -0.123. The molecule has 0 saturated heterocycles. The third-order valence-corrected chi connectivity index (χ3v) is 3.43. The fraction of sp³-hybridized carbons (Fsp3) is 0.571. The Kier molecular flexibility index (Phi) is 5.76. The van der Waals surface area contributed by atoms with Crippen LogP contribution in [0.15, 0.2) is 23.0 Å². The van der Waals surface area contributed by atoms with Gasteiger partial charge in [0.25, 0.3) is 5.91 Å². The Labute approximate surface area is 118 Å². The molecule has 6 nitrogen and oxygen atoms in total. The van der Waals surface area contributed by atoms with Crippen LogP contribution in [0.3, 0.4) is 0 Å². The maximum atomic E-state index is 11.9. The Hall–Kier alpha value is -1.82. The van der Waals surface area contributed by atoms with Crippen LogP contribution in [0.1, 0.15) is 44.0 Å². The molecule has 0 radical (unpaired) electrons. The standard InChI is InChI=1S/C14H22N2O4/c1-4-14(19,5-2)9-15-12(17)10(3)16-13(18)11-6-7-20-8-11/h6-8,10,19H,4-5,9H2,1-3H3,(H,15,17)(H,16,18). The summed E-state index contributed by atoms with van der Waals surface area (Å²) in [6, 6.07) is 0.836. The van der Waals surface area contributed by atoms with E-state index in [2.05, 4.69) is 10.6 Å². The van der Waals surface area contributed by atoms with E-state index < -0.39 is 11.6 Å². The molecule has 0 fully saturated rings. The van der Waals surface area contributed by atoms with E-state index in [1.807, 2.05) is 13.8 Å². The molecule has 0 aromatic carbocycles. The second-order valence-corrected chi connectivity index (χ2v) is 4.86. The maximum Gasteiger partial charge on any atom is 0.255 e. The Balaban J connectivity index is 2.45. The summed E-state index contributed by atoms with van der Waals surface area (Å²) in [6.45, 7) is 5.48. The second kappa shape index (κ2) is 7.09. The van der Waals surface area contributed by atoms with E-state index in [1.54, 1.807) is 6.92 Å². The Morgan fingerprint density at radius 3 is 2.55 bits per heavy atom. The fourth-order valence-electron chi connectivity index (χ4n) is 1.64. The molecule has 6 heteroatoms. The second-order valence-electron chi connectivity index (χ2n) is 4.86. The Bertz CT molecular complexity index is 438. The average Bonchev–Trinajstić information content (AvgIpc) is 2.98. The van der Waals surface area contributed by atoms with Crippen molar-refractivity contribution in [3.05, 3.63) is 24.2 Å². The highest BCUT2D eigenvalue weighted by atomic mass is 16.3. The van der Waals surface area contributed by atoms with Crippen molar-refractivity contribution in [3.63, 3.8) is 0 Å². The molecule has 0 aliphatic rings. The highest BCUT2D eigenvalue weighted by molar-refractivity contribution is 5.97. The van der Waals surface area contributed by atoms with Gasteiger partial charge < -0.3 is 20.2 Å². The summed E-state index contributed by atoms with van der Waals surface area (Å²) in [5, 5.41) is 15.3. The number of furan rings is 1. The van der Waals surface area contributed by atoms with Crippen LogP contribution in [0.2, 0.25) is 0 Å². The molecule has 0 aliphatic heterocycles. The van der Waals surface area contributed by atoms with Crippen molar-refractivity contribution in [3.8, 4) is 0 Å². The van der Waals surface area contributed by atoms with Crippen LogP contribution < -0.4 is 10.6 Å². The van der Waals surface area contributed by atoms with E-state index in [-0.39, 0.29) is 18.4 Å². The van der Waals surface area contributed by atoms with E-state index in [9.17, 15) is 14.7 Å². The van der Waals surface area contributed by atoms with E-state index >= 15 is 0 Å². The molecule has 112 valence electrons. The first kappa shape index (κ1) is 16.2. The first-order valence-corrected chi connectivity index (χ1v) is 6.75. The van der Waals surface area contributed by atoms with E-state index in [0.717, 1.165) is 0 Å². The maximum absolute atomic E-state index is 11.9. The summed E-state index contributed by atoms with van der Waals surface area (Å²) in [5.41, 5.74) is -0.535. The zero-order chi connectivity index (χ0) is 15.2. The highest BCUT2D eigenvalue weighted by Crippen LogP contribution is 2.12. The molecule has 1 unspecified atom stereocenters. The van der Waals surface area contributed by atoms with E-state index in [0.29, 0.717) is 18.4 Å². The van der Waals surface area contributed by atoms with Crippen molar-refractivity contribution in [2.45, 2.75) is 45.3 Å². The summed E-state index contributed by atoms with van der Waals surface area (Å²) < 4.78 is 4.80. The zero-order valence-electron chi connectivity index (χ0n) is 12.1. The Morgan fingerprint density at radius 1 is 1.40 bits per heavy atom. The molecule has 1 heterocycles. The van der Waals surface area contributed by atoms with Crippen molar-refractivity contribution < 1.29 is 19.1 Å². The number of amides is 2. The van der Waals surface area contributed by atoms with Gasteiger partial charge in [-0.3, -0.25) is 9.59 Å². The quantitative estimate of drug-likeness (QED) is 0.697. The van der Waals surface area contributed by atoms with Crippen molar-refractivity contribution in [1.82, 2.24) is 10.6 Å². The predicted molar refractivity (Wildman–Crippen MR) is 74.2 cm³/mol. The lowest BCUT2D eigenvalue weighted by Gasteiger charge is -2.26. The molecule has 1 aromatic heterocycles. The summed E-state index contributed by atoms with van der Waals surface area (Å²) in [4.78, 5) is 23.6. The molecular weight excluding hydrogens is 260 g/mol. The van der Waals surface area contributed by atoms with E-state index in [1.165, 1.54) is 18.6 Å². The fourth-order valence-corrected chi connectivity index (χ4v) is 1.64. The molecule has 1 rings (SSSR count). The third-order valence-electron chi connectivity index (χ3n) is 3.43. The number of aliphatic hydroxyl groups is 1. The summed E-state index contributed by atoms with van der Waals surface area (Å²) in [7, 11) is 0. The molecule has 2 amide bonds. The highest BCUT2D eigenvalue weighted by Gasteiger charge is 2.24. The summed E-state index contributed by atoms with van der Waals surface area (Å²) in [5.74, 6) is -0.704. The van der Waals surface area contributed by atoms with Gasteiger partial charge in [0.15, 0.2) is 0 Å². The van der Waals surface area contributed by atoms with Gasteiger partial charge >= 0.3 is 0 Å². The number of carbonyl (C=O) groups is 2. The van der Waals surface area contributed by atoms with Gasteiger partial charge in [-0.1, -0.05) is 13.8 Å². The number of carbonyl (C=O) groups excluding carboxylic acids is 2. The number of hydrogen-bond donors (Lipinski definition) is 3. The summed E-state index contributed by atoms with van der Waals surface area (Å²) in [6.07, 6.45) is 3.81. The molecule has 0 bridgehead atoms. The van der Waals surface area contributed by atoms with Gasteiger partial charge in [-0.25, -0.2) is 0 Å². The minimum absolute atomic E-state index is 0.171. The van der Waals surface area contributed by atoms with Crippen LogP contribution in [-0.4, -0.2) is 35.1 Å². The van der Waals surface area contributed by atoms with Gasteiger partial charge in [-0.05, 0) is 25.8 Å². The monoisotopic (exact) mass is 282 g/mol. The zero-order valence-corrected chi connectivity index (χ0v) is 12.1. The SMILES string of the molecule is CCC(O)(CC)CNC(=O)C(C)NC(=O)c1ccoc1. The summed E-state index contributed by atoms with van der Waals surface area (Å²) >= 11 is 0. The van der Waals surface area contributed by atoms with Crippen molar-refractivity contribution in [2.24, 2.45) is 0 Å². The van der Waals surface area contributed by atoms with Gasteiger partial charge in [0.05, 0.1) is 17.4 Å². The van der Waals surface area contributed by atoms with Gasteiger partial charge in [0, 0.05) is 6.54 Å². The predicted octanol–water partition coefficient (Wildman–Crippen LogP) is 1.07. The topological polar surface area (TPSA) is 91.6 Å². The van der Waals surface area contributed by atoms with Crippen molar-refractivity contribution in [2.75, 3.05) is 6.54 Å². The lowest BCUT2D eigenvalue weighted by atomic mass is 9.97. The Morgan fingerprint density at radius 2 is 2.05 bits per heavy atom. The molecule has 1 atom stereocenters. The first-order valence-electron chi connectivity index (χ1n) is 6.75. The lowest BCUT2D eigenvalue weighted by Crippen LogP contribution is -2.49. The number of nitrogens with one attached hydrogen (secondary N) is 2. The van der Waals surface area contributed by atoms with Crippen LogP contribution in [0.4, 0.5) is 0 Å². The van der Waals surface area contributed by atoms with Gasteiger partial charge in [-0.2, -0.15) is 0 Å². The smallest absolute Gasteiger partial charge is 0.255 e. The molecule has 1 aromatic rings. The van der Waals surface area contributed by atoms with Crippen molar-refractivity contribution >= 4 is 11.8 Å².